The fourth-order valence-electron chi connectivity index (χ4n) is 2.84. The molecule has 18 heavy (non-hydrogen) atoms. The molecule has 0 spiro atoms. The molecule has 2 rings (SSSR count). The van der Waals surface area contributed by atoms with Gasteiger partial charge >= 0.3 is 0 Å². The van der Waals surface area contributed by atoms with Crippen LogP contribution in [0.15, 0.2) is 12.1 Å². The molecule has 1 aromatic carbocycles. The summed E-state index contributed by atoms with van der Waals surface area (Å²) in [6, 6.07) is 7.37. The lowest BCUT2D eigenvalue weighted by atomic mass is 9.96. The average Bonchev–Trinajstić information content (AvgIpc) is 2.40. The van der Waals surface area contributed by atoms with Crippen LogP contribution in [-0.2, 0) is 10.8 Å². The van der Waals surface area contributed by atoms with E-state index in [1.54, 1.807) is 5.56 Å². The van der Waals surface area contributed by atoms with Crippen molar-refractivity contribution in [2.24, 2.45) is 0 Å². The van der Waals surface area contributed by atoms with Gasteiger partial charge in [-0.2, -0.15) is 0 Å². The van der Waals surface area contributed by atoms with E-state index in [1.807, 2.05) is 0 Å². The highest BCUT2D eigenvalue weighted by atomic mass is 28.3. The highest BCUT2D eigenvalue weighted by Crippen LogP contribution is 2.21. The van der Waals surface area contributed by atoms with Crippen molar-refractivity contribution in [2.75, 3.05) is 6.61 Å². The fourth-order valence-corrected chi connectivity index (χ4v) is 5.36. The Hall–Kier alpha value is -0.603. The first-order valence-electron chi connectivity index (χ1n) is 7.36. The molecule has 0 bridgehead atoms. The predicted octanol–water partition coefficient (Wildman–Crippen LogP) is 4.08. The predicted molar refractivity (Wildman–Crippen MR) is 80.9 cm³/mol. The molecule has 0 aromatic heterocycles. The second kappa shape index (κ2) is 6.53. The van der Waals surface area contributed by atoms with Crippen LogP contribution >= 0.6 is 0 Å². The van der Waals surface area contributed by atoms with Gasteiger partial charge in [0.1, 0.15) is 0 Å². The molecule has 1 unspecified atom stereocenters. The molecular formula is C16H26OSi. The van der Waals surface area contributed by atoms with Crippen molar-refractivity contribution >= 4 is 9.04 Å². The van der Waals surface area contributed by atoms with Gasteiger partial charge in [0.05, 0.1) is 0 Å². The smallest absolute Gasteiger partial charge is 0.176 e. The van der Waals surface area contributed by atoms with Crippen LogP contribution in [-0.4, -0.2) is 15.6 Å². The van der Waals surface area contributed by atoms with E-state index in [0.29, 0.717) is 0 Å². The molecule has 0 amide bonds. The third-order valence-electron chi connectivity index (χ3n) is 4.42. The van der Waals surface area contributed by atoms with Gasteiger partial charge in [-0.15, -0.1) is 0 Å². The SMILES string of the molecule is Cc1ccc(CCC[SiH]2CCCCO2)c(C)c1C. The van der Waals surface area contributed by atoms with Crippen LogP contribution in [0.25, 0.3) is 0 Å². The first kappa shape index (κ1) is 13.8. The summed E-state index contributed by atoms with van der Waals surface area (Å²) in [6.07, 6.45) is 5.26. The Labute approximate surface area is 113 Å². The zero-order valence-corrected chi connectivity index (χ0v) is 13.2. The largest absolute Gasteiger partial charge is 0.420 e. The molecule has 1 nitrogen and oxygen atoms in total. The van der Waals surface area contributed by atoms with Gasteiger partial charge in [-0.05, 0) is 74.4 Å². The molecule has 1 heterocycles. The Morgan fingerprint density at radius 3 is 2.67 bits per heavy atom. The lowest BCUT2D eigenvalue weighted by molar-refractivity contribution is 0.286. The highest BCUT2D eigenvalue weighted by Gasteiger charge is 2.15. The molecule has 1 saturated heterocycles. The van der Waals surface area contributed by atoms with E-state index in [-0.39, 0.29) is 0 Å². The summed E-state index contributed by atoms with van der Waals surface area (Å²) < 4.78 is 5.93. The number of hydrogen-bond donors (Lipinski definition) is 0. The maximum Gasteiger partial charge on any atom is 0.176 e. The number of aryl methyl sites for hydroxylation is 2. The Bertz CT molecular complexity index is 394. The first-order chi connectivity index (χ1) is 8.68. The first-order valence-corrected chi connectivity index (χ1v) is 9.46. The van der Waals surface area contributed by atoms with Crippen LogP contribution in [0.5, 0.6) is 0 Å². The van der Waals surface area contributed by atoms with E-state index in [4.69, 9.17) is 4.43 Å². The maximum absolute atomic E-state index is 5.93. The van der Waals surface area contributed by atoms with Gasteiger partial charge in [0.15, 0.2) is 9.04 Å². The Balaban J connectivity index is 1.84. The van der Waals surface area contributed by atoms with Crippen LogP contribution in [0.1, 0.15) is 41.5 Å². The summed E-state index contributed by atoms with van der Waals surface area (Å²) in [5, 5.41) is 0. The summed E-state index contributed by atoms with van der Waals surface area (Å²) in [6.45, 7) is 7.76. The van der Waals surface area contributed by atoms with Crippen molar-refractivity contribution in [3.63, 3.8) is 0 Å². The molecule has 100 valence electrons. The zero-order chi connectivity index (χ0) is 13.0. The summed E-state index contributed by atoms with van der Waals surface area (Å²) in [4.78, 5) is 0. The average molecular weight is 262 g/mol. The molecule has 0 aliphatic carbocycles. The maximum atomic E-state index is 5.93. The van der Waals surface area contributed by atoms with Gasteiger partial charge in [0.25, 0.3) is 0 Å². The molecule has 0 N–H and O–H groups in total. The van der Waals surface area contributed by atoms with E-state index in [0.717, 1.165) is 6.61 Å². The van der Waals surface area contributed by atoms with E-state index < -0.39 is 9.04 Å². The summed E-state index contributed by atoms with van der Waals surface area (Å²) >= 11 is 0. The molecule has 0 radical (unpaired) electrons. The third-order valence-corrected chi connectivity index (χ3v) is 7.23. The highest BCUT2D eigenvalue weighted by molar-refractivity contribution is 6.51. The summed E-state index contributed by atoms with van der Waals surface area (Å²) in [5.41, 5.74) is 5.93. The van der Waals surface area contributed by atoms with Crippen molar-refractivity contribution in [3.05, 3.63) is 34.4 Å². The normalized spacial score (nSPS) is 20.1. The van der Waals surface area contributed by atoms with Crippen molar-refractivity contribution in [1.29, 1.82) is 0 Å². The lowest BCUT2D eigenvalue weighted by Gasteiger charge is -2.21. The van der Waals surface area contributed by atoms with E-state index >= 15 is 0 Å². The van der Waals surface area contributed by atoms with Crippen LogP contribution in [0.2, 0.25) is 12.1 Å². The quantitative estimate of drug-likeness (QED) is 0.743. The minimum Gasteiger partial charge on any atom is -0.420 e. The molecule has 1 aliphatic heterocycles. The second-order valence-corrected chi connectivity index (χ2v) is 8.40. The lowest BCUT2D eigenvalue weighted by Crippen LogP contribution is -2.22. The number of hydrogen-bond acceptors (Lipinski definition) is 1. The van der Waals surface area contributed by atoms with Gasteiger partial charge in [-0.25, -0.2) is 0 Å². The molecular weight excluding hydrogens is 236 g/mol. The number of benzene rings is 1. The fraction of sp³-hybridized carbons (Fsp3) is 0.625. The van der Waals surface area contributed by atoms with Gasteiger partial charge in [0.2, 0.25) is 0 Å². The Morgan fingerprint density at radius 2 is 1.94 bits per heavy atom. The van der Waals surface area contributed by atoms with E-state index in [9.17, 15) is 0 Å². The van der Waals surface area contributed by atoms with Crippen LogP contribution in [0.4, 0.5) is 0 Å². The second-order valence-electron chi connectivity index (χ2n) is 5.67. The van der Waals surface area contributed by atoms with Crippen molar-refractivity contribution in [2.45, 2.75) is 58.5 Å². The standard InChI is InChI=1S/C16H26OSi/c1-13-8-9-16(15(3)14(13)2)7-6-12-18-11-5-4-10-17-18/h8-9,18H,4-7,10-12H2,1-3H3. The topological polar surface area (TPSA) is 9.23 Å². The Morgan fingerprint density at radius 1 is 1.11 bits per heavy atom. The van der Waals surface area contributed by atoms with Crippen molar-refractivity contribution in [1.82, 2.24) is 0 Å². The summed E-state index contributed by atoms with van der Waals surface area (Å²) in [7, 11) is -0.805. The monoisotopic (exact) mass is 262 g/mol. The molecule has 1 fully saturated rings. The van der Waals surface area contributed by atoms with Crippen molar-refractivity contribution < 1.29 is 4.43 Å². The Kier molecular flexibility index (Phi) is 5.01. The molecule has 2 heteroatoms. The van der Waals surface area contributed by atoms with Crippen LogP contribution in [0, 0.1) is 20.8 Å². The van der Waals surface area contributed by atoms with Gasteiger partial charge in [-0.1, -0.05) is 18.6 Å². The minimum absolute atomic E-state index is 0.805. The van der Waals surface area contributed by atoms with Crippen LogP contribution < -0.4 is 0 Å². The third kappa shape index (κ3) is 3.45. The molecule has 0 saturated carbocycles. The number of rotatable bonds is 4. The summed E-state index contributed by atoms with van der Waals surface area (Å²) in [5.74, 6) is 0. The molecule has 1 atom stereocenters. The van der Waals surface area contributed by atoms with Crippen LogP contribution in [0.3, 0.4) is 0 Å². The molecule has 1 aromatic rings. The van der Waals surface area contributed by atoms with Gasteiger partial charge < -0.3 is 4.43 Å². The van der Waals surface area contributed by atoms with E-state index in [2.05, 4.69) is 32.9 Å². The van der Waals surface area contributed by atoms with Crippen molar-refractivity contribution in [3.8, 4) is 0 Å². The zero-order valence-electron chi connectivity index (χ0n) is 12.1. The van der Waals surface area contributed by atoms with E-state index in [1.165, 1.54) is 54.5 Å². The van der Waals surface area contributed by atoms with Gasteiger partial charge in [0, 0.05) is 6.61 Å². The minimum atomic E-state index is -0.805. The molecule has 1 aliphatic rings. The van der Waals surface area contributed by atoms with Gasteiger partial charge in [-0.3, -0.25) is 0 Å².